The number of aliphatic carboxylic acids is 1. The number of halogens is 1. The summed E-state index contributed by atoms with van der Waals surface area (Å²) < 4.78 is 14.3. The molecule has 1 aromatic heterocycles. The van der Waals surface area contributed by atoms with Crippen LogP contribution >= 0.6 is 11.3 Å². The Morgan fingerprint density at radius 2 is 1.83 bits per heavy atom. The van der Waals surface area contributed by atoms with E-state index in [-0.39, 0.29) is 24.7 Å². The number of amides is 1. The Bertz CT molecular complexity index is 1400. The molecule has 4 rings (SSSR count). The zero-order chi connectivity index (χ0) is 25.5. The Labute approximate surface area is 212 Å². The predicted molar refractivity (Wildman–Crippen MR) is 141 cm³/mol. The van der Waals surface area contributed by atoms with E-state index in [2.05, 4.69) is 17.2 Å². The molecule has 0 aliphatic heterocycles. The van der Waals surface area contributed by atoms with Gasteiger partial charge in [0.25, 0.3) is 5.91 Å². The summed E-state index contributed by atoms with van der Waals surface area (Å²) in [7, 11) is 0. The third-order valence-corrected chi connectivity index (χ3v) is 6.36. The SMILES string of the molecule is C=Cc1ccc(NCc2ccc(C(=O)NCCC(=O)O)cc2)c(-c2nc(-c3ccccc3F)cs2)c1. The first-order valence-corrected chi connectivity index (χ1v) is 12.1. The fourth-order valence-electron chi connectivity index (χ4n) is 3.57. The van der Waals surface area contributed by atoms with Gasteiger partial charge in [0.05, 0.1) is 12.1 Å². The molecule has 36 heavy (non-hydrogen) atoms. The highest BCUT2D eigenvalue weighted by molar-refractivity contribution is 7.13. The van der Waals surface area contributed by atoms with Crippen LogP contribution in [0.2, 0.25) is 0 Å². The van der Waals surface area contributed by atoms with E-state index in [0.29, 0.717) is 23.4 Å². The summed E-state index contributed by atoms with van der Waals surface area (Å²) >= 11 is 1.44. The van der Waals surface area contributed by atoms with E-state index in [1.807, 2.05) is 35.7 Å². The van der Waals surface area contributed by atoms with Gasteiger partial charge in [-0.1, -0.05) is 43.0 Å². The average molecular weight is 502 g/mol. The molecule has 0 aliphatic carbocycles. The lowest BCUT2D eigenvalue weighted by atomic mass is 10.1. The molecular weight excluding hydrogens is 477 g/mol. The summed E-state index contributed by atoms with van der Waals surface area (Å²) in [6.45, 7) is 4.44. The van der Waals surface area contributed by atoms with Crippen LogP contribution in [0, 0.1) is 5.82 Å². The van der Waals surface area contributed by atoms with Crippen molar-refractivity contribution >= 4 is 35.0 Å². The number of thiazole rings is 1. The molecule has 1 heterocycles. The van der Waals surface area contributed by atoms with Crippen molar-refractivity contribution in [1.29, 1.82) is 0 Å². The number of nitrogens with one attached hydrogen (secondary N) is 2. The van der Waals surface area contributed by atoms with Crippen molar-refractivity contribution in [1.82, 2.24) is 10.3 Å². The number of carboxylic acid groups (broad SMARTS) is 1. The standard InChI is InChI=1S/C28H24FN3O3S/c1-2-18-9-12-24(22(15-18)28-32-25(17-36-28)21-5-3-4-6-23(21)29)31-16-19-7-10-20(11-8-19)27(35)30-14-13-26(33)34/h2-12,15,17,31H,1,13-14,16H2,(H,30,35)(H,33,34). The fourth-order valence-corrected chi connectivity index (χ4v) is 4.42. The summed E-state index contributed by atoms with van der Waals surface area (Å²) in [6.07, 6.45) is 1.64. The van der Waals surface area contributed by atoms with Gasteiger partial charge < -0.3 is 15.7 Å². The van der Waals surface area contributed by atoms with Gasteiger partial charge in [-0.15, -0.1) is 11.3 Å². The molecule has 0 aliphatic rings. The van der Waals surface area contributed by atoms with Crippen LogP contribution in [0.25, 0.3) is 27.9 Å². The number of nitrogens with zero attached hydrogens (tertiary/aromatic N) is 1. The lowest BCUT2D eigenvalue weighted by molar-refractivity contribution is -0.136. The quantitative estimate of drug-likeness (QED) is 0.245. The first-order valence-electron chi connectivity index (χ1n) is 11.2. The van der Waals surface area contributed by atoms with Crippen molar-refractivity contribution in [2.75, 3.05) is 11.9 Å². The molecule has 0 saturated carbocycles. The molecule has 0 fully saturated rings. The van der Waals surface area contributed by atoms with Gasteiger partial charge in [-0.05, 0) is 47.5 Å². The topological polar surface area (TPSA) is 91.3 Å². The third kappa shape index (κ3) is 6.03. The summed E-state index contributed by atoms with van der Waals surface area (Å²) in [5, 5.41) is 17.3. The van der Waals surface area contributed by atoms with Gasteiger partial charge >= 0.3 is 5.97 Å². The summed E-state index contributed by atoms with van der Waals surface area (Å²) in [5.74, 6) is -1.59. The van der Waals surface area contributed by atoms with Crippen molar-refractivity contribution in [3.8, 4) is 21.8 Å². The Kier molecular flexibility index (Phi) is 7.87. The van der Waals surface area contributed by atoms with Crippen LogP contribution in [0.5, 0.6) is 0 Å². The van der Waals surface area contributed by atoms with Gasteiger partial charge in [0.1, 0.15) is 10.8 Å². The Balaban J connectivity index is 1.49. The highest BCUT2D eigenvalue weighted by Gasteiger charge is 2.14. The maximum Gasteiger partial charge on any atom is 0.305 e. The van der Waals surface area contributed by atoms with Gasteiger partial charge in [-0.25, -0.2) is 9.37 Å². The normalized spacial score (nSPS) is 10.6. The molecule has 0 spiro atoms. The first-order chi connectivity index (χ1) is 17.4. The number of carboxylic acids is 1. The van der Waals surface area contributed by atoms with Crippen LogP contribution in [0.4, 0.5) is 10.1 Å². The minimum Gasteiger partial charge on any atom is -0.481 e. The molecule has 0 saturated heterocycles. The van der Waals surface area contributed by atoms with Crippen LogP contribution in [-0.4, -0.2) is 28.5 Å². The zero-order valence-corrected chi connectivity index (χ0v) is 20.1. The summed E-state index contributed by atoms with van der Waals surface area (Å²) in [6, 6.07) is 19.6. The smallest absolute Gasteiger partial charge is 0.305 e. The van der Waals surface area contributed by atoms with E-state index in [1.165, 1.54) is 17.4 Å². The van der Waals surface area contributed by atoms with E-state index in [1.54, 1.807) is 36.4 Å². The summed E-state index contributed by atoms with van der Waals surface area (Å²) in [5.41, 5.74) is 5.16. The molecule has 1 amide bonds. The molecule has 0 unspecified atom stereocenters. The van der Waals surface area contributed by atoms with Crippen LogP contribution in [0.15, 0.2) is 78.7 Å². The maximum absolute atomic E-state index is 14.3. The van der Waals surface area contributed by atoms with Gasteiger partial charge in [0.15, 0.2) is 0 Å². The van der Waals surface area contributed by atoms with Gasteiger partial charge in [-0.3, -0.25) is 9.59 Å². The number of aromatic nitrogens is 1. The third-order valence-electron chi connectivity index (χ3n) is 5.49. The van der Waals surface area contributed by atoms with Gasteiger partial charge in [-0.2, -0.15) is 0 Å². The molecular formula is C28H24FN3O3S. The molecule has 3 N–H and O–H groups in total. The second-order valence-corrected chi connectivity index (χ2v) is 8.84. The van der Waals surface area contributed by atoms with E-state index in [0.717, 1.165) is 27.4 Å². The molecule has 182 valence electrons. The molecule has 0 bridgehead atoms. The van der Waals surface area contributed by atoms with Crippen molar-refractivity contribution in [3.63, 3.8) is 0 Å². The highest BCUT2D eigenvalue weighted by Crippen LogP contribution is 2.35. The molecule has 6 nitrogen and oxygen atoms in total. The lowest BCUT2D eigenvalue weighted by Gasteiger charge is -2.12. The fraction of sp³-hybridized carbons (Fsp3) is 0.107. The molecule has 0 atom stereocenters. The number of rotatable bonds is 10. The second-order valence-electron chi connectivity index (χ2n) is 7.98. The van der Waals surface area contributed by atoms with E-state index in [9.17, 15) is 14.0 Å². The van der Waals surface area contributed by atoms with Gasteiger partial charge in [0, 0.05) is 40.8 Å². The molecule has 3 aromatic carbocycles. The largest absolute Gasteiger partial charge is 0.481 e. The van der Waals surface area contributed by atoms with E-state index < -0.39 is 5.97 Å². The Hall–Kier alpha value is -4.30. The maximum atomic E-state index is 14.3. The Morgan fingerprint density at radius 1 is 1.06 bits per heavy atom. The number of hydrogen-bond acceptors (Lipinski definition) is 5. The van der Waals surface area contributed by atoms with Crippen molar-refractivity contribution in [2.45, 2.75) is 13.0 Å². The summed E-state index contributed by atoms with van der Waals surface area (Å²) in [4.78, 5) is 27.4. The van der Waals surface area contributed by atoms with Crippen molar-refractivity contribution in [2.24, 2.45) is 0 Å². The molecule has 8 heteroatoms. The average Bonchev–Trinajstić information content (AvgIpc) is 3.37. The van der Waals surface area contributed by atoms with Crippen molar-refractivity contribution in [3.05, 3.63) is 101 Å². The predicted octanol–water partition coefficient (Wildman–Crippen LogP) is 6.08. The molecule has 0 radical (unpaired) electrons. The van der Waals surface area contributed by atoms with Crippen LogP contribution < -0.4 is 10.6 Å². The first kappa shape index (κ1) is 24.8. The molecule has 4 aromatic rings. The minimum atomic E-state index is -0.960. The van der Waals surface area contributed by atoms with Gasteiger partial charge in [0.2, 0.25) is 0 Å². The van der Waals surface area contributed by atoms with Crippen LogP contribution in [-0.2, 0) is 11.3 Å². The second kappa shape index (κ2) is 11.4. The van der Waals surface area contributed by atoms with E-state index in [4.69, 9.17) is 10.1 Å². The van der Waals surface area contributed by atoms with Crippen LogP contribution in [0.1, 0.15) is 27.9 Å². The number of carbonyl (C=O) groups excluding carboxylic acids is 1. The zero-order valence-electron chi connectivity index (χ0n) is 19.3. The number of benzene rings is 3. The number of hydrogen-bond donors (Lipinski definition) is 3. The van der Waals surface area contributed by atoms with E-state index >= 15 is 0 Å². The number of anilines is 1. The lowest BCUT2D eigenvalue weighted by Crippen LogP contribution is -2.25. The van der Waals surface area contributed by atoms with Crippen LogP contribution in [0.3, 0.4) is 0 Å². The minimum absolute atomic E-state index is 0.0797. The van der Waals surface area contributed by atoms with Crippen molar-refractivity contribution < 1.29 is 19.1 Å². The Morgan fingerprint density at radius 3 is 2.56 bits per heavy atom. The number of carbonyl (C=O) groups is 2. The monoisotopic (exact) mass is 501 g/mol. The highest BCUT2D eigenvalue weighted by atomic mass is 32.1.